The summed E-state index contributed by atoms with van der Waals surface area (Å²) in [4.78, 5) is 40.9. The SMILES string of the molecule is COC(=O)[C@]1(c2ccccc2)N[C@H](c2cccs2)[C@@H]2C(=O)N(C)C(=O)[C@@H]21. The Morgan fingerprint density at radius 1 is 1.15 bits per heavy atom. The van der Waals surface area contributed by atoms with Gasteiger partial charge >= 0.3 is 5.97 Å². The number of imide groups is 1. The molecule has 7 heteroatoms. The molecule has 0 bridgehead atoms. The lowest BCUT2D eigenvalue weighted by Gasteiger charge is -2.32. The van der Waals surface area contributed by atoms with E-state index in [4.69, 9.17) is 4.74 Å². The zero-order valence-electron chi connectivity index (χ0n) is 14.3. The highest BCUT2D eigenvalue weighted by Crippen LogP contribution is 2.53. The van der Waals surface area contributed by atoms with Crippen molar-refractivity contribution in [1.29, 1.82) is 0 Å². The Labute approximate surface area is 154 Å². The molecular formula is C19H18N2O4S. The van der Waals surface area contributed by atoms with Crippen LogP contribution in [0.4, 0.5) is 0 Å². The van der Waals surface area contributed by atoms with Crippen molar-refractivity contribution in [2.75, 3.05) is 14.2 Å². The monoisotopic (exact) mass is 370 g/mol. The Morgan fingerprint density at radius 2 is 1.88 bits per heavy atom. The van der Waals surface area contributed by atoms with Gasteiger partial charge in [0.25, 0.3) is 0 Å². The smallest absolute Gasteiger partial charge is 0.331 e. The summed E-state index contributed by atoms with van der Waals surface area (Å²) in [6.07, 6.45) is 0. The average Bonchev–Trinajstić information content (AvgIpc) is 3.36. The van der Waals surface area contributed by atoms with Gasteiger partial charge in [0.15, 0.2) is 5.54 Å². The van der Waals surface area contributed by atoms with E-state index in [0.717, 1.165) is 9.78 Å². The third-order valence-corrected chi connectivity index (χ3v) is 6.32. The van der Waals surface area contributed by atoms with Gasteiger partial charge in [0.1, 0.15) is 0 Å². The molecule has 6 nitrogen and oxygen atoms in total. The molecule has 0 spiro atoms. The van der Waals surface area contributed by atoms with Crippen LogP contribution in [0, 0.1) is 11.8 Å². The molecule has 4 atom stereocenters. The first-order valence-electron chi connectivity index (χ1n) is 8.29. The zero-order chi connectivity index (χ0) is 18.5. The van der Waals surface area contributed by atoms with Gasteiger partial charge in [-0.25, -0.2) is 4.79 Å². The second kappa shape index (κ2) is 6.03. The predicted octanol–water partition coefficient (Wildman–Crippen LogP) is 1.69. The minimum absolute atomic E-state index is 0.271. The van der Waals surface area contributed by atoms with Crippen molar-refractivity contribution >= 4 is 29.1 Å². The minimum atomic E-state index is -1.40. The number of hydrogen-bond donors (Lipinski definition) is 1. The maximum atomic E-state index is 13.0. The first-order chi connectivity index (χ1) is 12.5. The molecule has 2 aliphatic heterocycles. The van der Waals surface area contributed by atoms with E-state index in [9.17, 15) is 14.4 Å². The summed E-state index contributed by atoms with van der Waals surface area (Å²) >= 11 is 1.49. The molecule has 1 N–H and O–H groups in total. The molecule has 26 heavy (non-hydrogen) atoms. The summed E-state index contributed by atoms with van der Waals surface area (Å²) in [5.41, 5.74) is -0.773. The van der Waals surface area contributed by atoms with Gasteiger partial charge in [-0.3, -0.25) is 19.8 Å². The number of carbonyl (C=O) groups excluding carboxylic acids is 3. The molecule has 2 amide bonds. The number of benzene rings is 1. The van der Waals surface area contributed by atoms with Gasteiger partial charge < -0.3 is 4.74 Å². The topological polar surface area (TPSA) is 75.7 Å². The van der Waals surface area contributed by atoms with Crippen molar-refractivity contribution in [2.24, 2.45) is 11.8 Å². The third-order valence-electron chi connectivity index (χ3n) is 5.37. The lowest BCUT2D eigenvalue weighted by Crippen LogP contribution is -2.53. The van der Waals surface area contributed by atoms with Gasteiger partial charge in [0, 0.05) is 11.9 Å². The van der Waals surface area contributed by atoms with Crippen LogP contribution in [0.2, 0.25) is 0 Å². The van der Waals surface area contributed by atoms with E-state index in [1.54, 1.807) is 24.3 Å². The van der Waals surface area contributed by atoms with Crippen LogP contribution in [0.15, 0.2) is 47.8 Å². The minimum Gasteiger partial charge on any atom is -0.467 e. The summed E-state index contributed by atoms with van der Waals surface area (Å²) < 4.78 is 5.10. The van der Waals surface area contributed by atoms with E-state index in [2.05, 4.69) is 5.32 Å². The third kappa shape index (κ3) is 2.10. The number of esters is 1. The van der Waals surface area contributed by atoms with Crippen LogP contribution in [0.3, 0.4) is 0 Å². The van der Waals surface area contributed by atoms with Crippen molar-refractivity contribution in [3.8, 4) is 0 Å². The van der Waals surface area contributed by atoms with Gasteiger partial charge in [-0.1, -0.05) is 36.4 Å². The number of thiophene rings is 1. The number of amides is 2. The van der Waals surface area contributed by atoms with Crippen LogP contribution in [-0.2, 0) is 24.7 Å². The number of hydrogen-bond acceptors (Lipinski definition) is 6. The van der Waals surface area contributed by atoms with Gasteiger partial charge in [0.2, 0.25) is 11.8 Å². The molecule has 2 aliphatic rings. The molecule has 3 heterocycles. The lowest BCUT2D eigenvalue weighted by molar-refractivity contribution is -0.154. The summed E-state index contributed by atoms with van der Waals surface area (Å²) in [5.74, 6) is -2.69. The van der Waals surface area contributed by atoms with Crippen molar-refractivity contribution in [2.45, 2.75) is 11.6 Å². The van der Waals surface area contributed by atoms with Crippen LogP contribution in [-0.4, -0.2) is 36.8 Å². The fourth-order valence-electron chi connectivity index (χ4n) is 4.20. The van der Waals surface area contributed by atoms with E-state index in [-0.39, 0.29) is 11.8 Å². The van der Waals surface area contributed by atoms with E-state index in [0.29, 0.717) is 5.56 Å². The van der Waals surface area contributed by atoms with Gasteiger partial charge in [0.05, 0.1) is 25.0 Å². The Morgan fingerprint density at radius 3 is 2.50 bits per heavy atom. The largest absolute Gasteiger partial charge is 0.467 e. The molecule has 2 saturated heterocycles. The van der Waals surface area contributed by atoms with Gasteiger partial charge in [-0.05, 0) is 17.0 Å². The number of nitrogens with zero attached hydrogens (tertiary/aromatic N) is 1. The van der Waals surface area contributed by atoms with Crippen LogP contribution in [0.1, 0.15) is 16.5 Å². The molecule has 134 valence electrons. The van der Waals surface area contributed by atoms with Crippen molar-refractivity contribution < 1.29 is 19.1 Å². The Balaban J connectivity index is 1.95. The number of methoxy groups -OCH3 is 1. The van der Waals surface area contributed by atoms with Crippen LogP contribution >= 0.6 is 11.3 Å². The highest BCUT2D eigenvalue weighted by Gasteiger charge is 2.69. The van der Waals surface area contributed by atoms with Crippen LogP contribution in [0.5, 0.6) is 0 Å². The van der Waals surface area contributed by atoms with Crippen LogP contribution < -0.4 is 5.32 Å². The normalized spacial score (nSPS) is 30.5. The Bertz CT molecular complexity index is 867. The molecule has 2 fully saturated rings. The molecule has 0 unspecified atom stereocenters. The first-order valence-corrected chi connectivity index (χ1v) is 9.16. The van der Waals surface area contributed by atoms with E-state index < -0.39 is 29.4 Å². The fraction of sp³-hybridized carbons (Fsp3) is 0.316. The number of carbonyl (C=O) groups is 3. The highest BCUT2D eigenvalue weighted by molar-refractivity contribution is 7.10. The number of nitrogens with one attached hydrogen (secondary N) is 1. The number of rotatable bonds is 3. The summed E-state index contributed by atoms with van der Waals surface area (Å²) in [7, 11) is 2.77. The van der Waals surface area contributed by atoms with Gasteiger partial charge in [-0.15, -0.1) is 11.3 Å². The number of fused-ring (bicyclic) bond motifs is 1. The fourth-order valence-corrected chi connectivity index (χ4v) is 5.02. The molecule has 1 aromatic heterocycles. The van der Waals surface area contributed by atoms with E-state index >= 15 is 0 Å². The maximum Gasteiger partial charge on any atom is 0.331 e. The van der Waals surface area contributed by atoms with E-state index in [1.165, 1.54) is 25.5 Å². The highest BCUT2D eigenvalue weighted by atomic mass is 32.1. The summed E-state index contributed by atoms with van der Waals surface area (Å²) in [5, 5.41) is 5.24. The van der Waals surface area contributed by atoms with Crippen molar-refractivity contribution in [3.05, 3.63) is 58.3 Å². The first kappa shape index (κ1) is 16.9. The number of likely N-dealkylation sites (tertiary alicyclic amines) is 1. The molecule has 2 aromatic rings. The zero-order valence-corrected chi connectivity index (χ0v) is 15.2. The molecule has 4 rings (SSSR count). The average molecular weight is 370 g/mol. The second-order valence-corrected chi connectivity index (χ2v) is 7.52. The molecule has 0 radical (unpaired) electrons. The molecule has 1 aromatic carbocycles. The second-order valence-electron chi connectivity index (χ2n) is 6.54. The van der Waals surface area contributed by atoms with Gasteiger partial charge in [-0.2, -0.15) is 0 Å². The van der Waals surface area contributed by atoms with Crippen LogP contribution in [0.25, 0.3) is 0 Å². The lowest BCUT2D eigenvalue weighted by atomic mass is 9.75. The molecular weight excluding hydrogens is 352 g/mol. The standard InChI is InChI=1S/C19H18N2O4S/c1-21-16(22)13-14(17(21)23)19(18(24)25-2,11-7-4-3-5-8-11)20-15(13)12-9-6-10-26-12/h3-10,13-15,20H,1-2H3/t13-,14-,15-,19-/m1/s1. The molecule has 0 saturated carbocycles. The quantitative estimate of drug-likeness (QED) is 0.657. The Kier molecular flexibility index (Phi) is 3.93. The maximum absolute atomic E-state index is 13.0. The Hall–Kier alpha value is -2.51. The summed E-state index contributed by atoms with van der Waals surface area (Å²) in [6, 6.07) is 12.4. The summed E-state index contributed by atoms with van der Waals surface area (Å²) in [6.45, 7) is 0. The predicted molar refractivity (Wildman–Crippen MR) is 95.1 cm³/mol. The number of ether oxygens (including phenoxy) is 1. The van der Waals surface area contributed by atoms with Crippen molar-refractivity contribution in [1.82, 2.24) is 10.2 Å². The van der Waals surface area contributed by atoms with Crippen molar-refractivity contribution in [3.63, 3.8) is 0 Å². The van der Waals surface area contributed by atoms with E-state index in [1.807, 2.05) is 23.6 Å². The molecule has 0 aliphatic carbocycles.